The van der Waals surface area contributed by atoms with Crippen LogP contribution < -0.4 is 5.46 Å². The molecule has 0 aliphatic rings. The number of hydrogen-bond donors (Lipinski definition) is 2. The van der Waals surface area contributed by atoms with Crippen molar-refractivity contribution >= 4 is 40.1 Å². The zero-order valence-electron chi connectivity index (χ0n) is 6.06. The van der Waals surface area contributed by atoms with Crippen molar-refractivity contribution in [1.82, 2.24) is 0 Å². The van der Waals surface area contributed by atoms with Crippen LogP contribution in [0.1, 0.15) is 0 Å². The van der Waals surface area contributed by atoms with Crippen molar-refractivity contribution in [3.63, 3.8) is 0 Å². The maximum Gasteiger partial charge on any atom is 0.494 e. The molecule has 0 saturated heterocycles. The van der Waals surface area contributed by atoms with Crippen molar-refractivity contribution in [2.75, 3.05) is 0 Å². The van der Waals surface area contributed by atoms with E-state index in [0.717, 1.165) is 6.07 Å². The van der Waals surface area contributed by atoms with Gasteiger partial charge in [0.25, 0.3) is 0 Å². The third kappa shape index (κ3) is 2.02. The van der Waals surface area contributed by atoms with Gasteiger partial charge in [-0.15, -0.1) is 0 Å². The number of hydrogen-bond acceptors (Lipinski definition) is 2. The molecule has 0 amide bonds. The summed E-state index contributed by atoms with van der Waals surface area (Å²) in [6.07, 6.45) is 0. The lowest BCUT2D eigenvalue weighted by Gasteiger charge is -2.06. The molecule has 1 rings (SSSR count). The summed E-state index contributed by atoms with van der Waals surface area (Å²) in [6, 6.07) is 0.998. The quantitative estimate of drug-likeness (QED) is 0.592. The summed E-state index contributed by atoms with van der Waals surface area (Å²) in [5.74, 6) is -2.24. The monoisotopic (exact) mass is 270 g/mol. The molecule has 0 aliphatic carbocycles. The smallest absolute Gasteiger partial charge is 0.423 e. The second kappa shape index (κ2) is 3.92. The highest BCUT2D eigenvalue weighted by Crippen LogP contribution is 2.22. The molecular weight excluding hydrogens is 268 g/mol. The minimum Gasteiger partial charge on any atom is -0.423 e. The summed E-state index contributed by atoms with van der Waals surface area (Å²) >= 11 is 8.09. The number of halogens is 4. The standard InChI is InChI=1S/C6H3BBrClF2O2/c8-2-1-3(9)6(11)4(5(2)10)7(12)13/h1,12-13H. The van der Waals surface area contributed by atoms with E-state index in [1.54, 1.807) is 0 Å². The van der Waals surface area contributed by atoms with Crippen LogP contribution in [0.15, 0.2) is 10.5 Å². The predicted octanol–water partition coefficient (Wildman–Crippen LogP) is 1.06. The van der Waals surface area contributed by atoms with Gasteiger partial charge < -0.3 is 10.0 Å². The number of benzene rings is 1. The van der Waals surface area contributed by atoms with Gasteiger partial charge in [0, 0.05) is 0 Å². The highest BCUT2D eigenvalue weighted by molar-refractivity contribution is 9.10. The van der Waals surface area contributed by atoms with E-state index in [0.29, 0.717) is 0 Å². The summed E-state index contributed by atoms with van der Waals surface area (Å²) in [5.41, 5.74) is -0.862. The fourth-order valence-electron chi connectivity index (χ4n) is 0.818. The van der Waals surface area contributed by atoms with Gasteiger partial charge in [-0.2, -0.15) is 0 Å². The second-order valence-corrected chi connectivity index (χ2v) is 3.52. The molecule has 0 heterocycles. The lowest BCUT2D eigenvalue weighted by atomic mass is 9.79. The van der Waals surface area contributed by atoms with Crippen LogP contribution in [0.2, 0.25) is 5.02 Å². The van der Waals surface area contributed by atoms with Crippen LogP contribution in [-0.2, 0) is 0 Å². The fourth-order valence-corrected chi connectivity index (χ4v) is 1.60. The van der Waals surface area contributed by atoms with Crippen molar-refractivity contribution in [2.45, 2.75) is 0 Å². The van der Waals surface area contributed by atoms with Crippen LogP contribution in [0.3, 0.4) is 0 Å². The van der Waals surface area contributed by atoms with E-state index in [2.05, 4.69) is 15.9 Å². The minimum absolute atomic E-state index is 0.123. The van der Waals surface area contributed by atoms with E-state index in [-0.39, 0.29) is 9.50 Å². The van der Waals surface area contributed by atoms with Gasteiger partial charge in [-0.3, -0.25) is 0 Å². The first-order valence-electron chi connectivity index (χ1n) is 3.14. The first kappa shape index (κ1) is 10.9. The maximum absolute atomic E-state index is 13.0. The van der Waals surface area contributed by atoms with Crippen molar-refractivity contribution < 1.29 is 18.8 Å². The SMILES string of the molecule is OB(O)c1c(F)c(Cl)cc(Br)c1F. The van der Waals surface area contributed by atoms with Crippen molar-refractivity contribution in [3.05, 3.63) is 27.2 Å². The summed E-state index contributed by atoms with van der Waals surface area (Å²) in [6.45, 7) is 0. The molecule has 0 spiro atoms. The Morgan fingerprint density at radius 1 is 1.31 bits per heavy atom. The van der Waals surface area contributed by atoms with Crippen molar-refractivity contribution in [3.8, 4) is 0 Å². The van der Waals surface area contributed by atoms with E-state index >= 15 is 0 Å². The van der Waals surface area contributed by atoms with Crippen molar-refractivity contribution in [1.29, 1.82) is 0 Å². The van der Waals surface area contributed by atoms with Gasteiger partial charge in [0.1, 0.15) is 11.6 Å². The average molecular weight is 271 g/mol. The Morgan fingerprint density at radius 3 is 2.31 bits per heavy atom. The van der Waals surface area contributed by atoms with Crippen molar-refractivity contribution in [2.24, 2.45) is 0 Å². The van der Waals surface area contributed by atoms with Gasteiger partial charge in [-0.1, -0.05) is 11.6 Å². The fraction of sp³-hybridized carbons (Fsp3) is 0. The molecule has 0 fully saturated rings. The molecule has 2 nitrogen and oxygen atoms in total. The summed E-state index contributed by atoms with van der Waals surface area (Å²) < 4.78 is 25.9. The Balaban J connectivity index is 3.46. The Hall–Kier alpha value is -0.165. The Morgan fingerprint density at radius 2 is 1.85 bits per heavy atom. The second-order valence-electron chi connectivity index (χ2n) is 2.26. The number of rotatable bonds is 1. The summed E-state index contributed by atoms with van der Waals surface area (Å²) in [7, 11) is -2.23. The topological polar surface area (TPSA) is 40.5 Å². The van der Waals surface area contributed by atoms with Gasteiger partial charge in [0.05, 0.1) is 15.0 Å². The Kier molecular flexibility index (Phi) is 3.29. The molecule has 0 aliphatic heterocycles. The van der Waals surface area contributed by atoms with E-state index in [9.17, 15) is 8.78 Å². The first-order chi connectivity index (χ1) is 5.95. The van der Waals surface area contributed by atoms with E-state index in [4.69, 9.17) is 21.6 Å². The summed E-state index contributed by atoms with van der Waals surface area (Å²) in [5, 5.41) is 16.9. The van der Waals surface area contributed by atoms with E-state index in [1.807, 2.05) is 0 Å². The molecule has 0 bridgehead atoms. The van der Waals surface area contributed by atoms with Gasteiger partial charge in [0.2, 0.25) is 0 Å². The van der Waals surface area contributed by atoms with Gasteiger partial charge >= 0.3 is 7.12 Å². The van der Waals surface area contributed by atoms with E-state index in [1.165, 1.54) is 0 Å². The van der Waals surface area contributed by atoms with Crippen LogP contribution in [0.5, 0.6) is 0 Å². The highest BCUT2D eigenvalue weighted by Gasteiger charge is 2.25. The van der Waals surface area contributed by atoms with Crippen LogP contribution in [0.25, 0.3) is 0 Å². The maximum atomic E-state index is 13.0. The lowest BCUT2D eigenvalue weighted by Crippen LogP contribution is -2.36. The normalized spacial score (nSPS) is 10.3. The lowest BCUT2D eigenvalue weighted by molar-refractivity contribution is 0.419. The highest BCUT2D eigenvalue weighted by atomic mass is 79.9. The first-order valence-corrected chi connectivity index (χ1v) is 4.31. The largest absolute Gasteiger partial charge is 0.494 e. The molecule has 70 valence electrons. The third-order valence-corrected chi connectivity index (χ3v) is 2.26. The Labute approximate surface area is 86.4 Å². The van der Waals surface area contributed by atoms with Gasteiger partial charge in [-0.05, 0) is 22.0 Å². The van der Waals surface area contributed by atoms with Crippen LogP contribution in [0.4, 0.5) is 8.78 Å². The van der Waals surface area contributed by atoms with Gasteiger partial charge in [-0.25, -0.2) is 8.78 Å². The zero-order chi connectivity index (χ0) is 10.2. The Bertz CT molecular complexity index is 322. The van der Waals surface area contributed by atoms with Crippen LogP contribution >= 0.6 is 27.5 Å². The summed E-state index contributed by atoms with van der Waals surface area (Å²) in [4.78, 5) is 0. The van der Waals surface area contributed by atoms with E-state index < -0.39 is 24.2 Å². The van der Waals surface area contributed by atoms with Crippen LogP contribution in [-0.4, -0.2) is 17.2 Å². The molecule has 7 heteroatoms. The minimum atomic E-state index is -2.23. The molecule has 1 aromatic rings. The average Bonchev–Trinajstić information content (AvgIpc) is 2.01. The molecule has 0 aromatic heterocycles. The molecule has 0 radical (unpaired) electrons. The zero-order valence-corrected chi connectivity index (χ0v) is 8.40. The molecule has 0 atom stereocenters. The molecule has 2 N–H and O–H groups in total. The third-order valence-electron chi connectivity index (χ3n) is 1.40. The molecule has 13 heavy (non-hydrogen) atoms. The molecular formula is C6H3BBrClF2O2. The molecule has 0 unspecified atom stereocenters. The molecule has 1 aromatic carbocycles. The predicted molar refractivity (Wildman–Crippen MR) is 48.9 cm³/mol. The van der Waals surface area contributed by atoms with Crippen LogP contribution in [0, 0.1) is 11.6 Å². The molecule has 0 saturated carbocycles. The van der Waals surface area contributed by atoms with Gasteiger partial charge in [0.15, 0.2) is 0 Å².